The Morgan fingerprint density at radius 2 is 1.82 bits per heavy atom. The highest BCUT2D eigenvalue weighted by Crippen LogP contribution is 2.35. The number of aromatic amines is 2. The van der Waals surface area contributed by atoms with Gasteiger partial charge in [0.1, 0.15) is 23.0 Å². The van der Waals surface area contributed by atoms with Gasteiger partial charge in [-0.25, -0.2) is 4.39 Å². The number of ether oxygens (including phenoxy) is 1. The molecule has 4 heterocycles. The van der Waals surface area contributed by atoms with Crippen LogP contribution >= 0.6 is 0 Å². The molecule has 8 heteroatoms. The molecule has 0 saturated carbocycles. The molecule has 4 aromatic heterocycles. The zero-order valence-electron chi connectivity index (χ0n) is 17.5. The Kier molecular flexibility index (Phi) is 4.36. The molecular weight excluding hydrogens is 419 g/mol. The number of methoxy groups -OCH3 is 1. The van der Waals surface area contributed by atoms with Crippen LogP contribution in [0.25, 0.3) is 55.7 Å². The van der Waals surface area contributed by atoms with Gasteiger partial charge >= 0.3 is 0 Å². The van der Waals surface area contributed by atoms with Crippen molar-refractivity contribution in [2.75, 3.05) is 7.11 Å². The van der Waals surface area contributed by atoms with E-state index in [2.05, 4.69) is 30.1 Å². The van der Waals surface area contributed by atoms with Crippen LogP contribution in [0.2, 0.25) is 0 Å². The van der Waals surface area contributed by atoms with Crippen molar-refractivity contribution in [3.8, 4) is 39.7 Å². The molecule has 33 heavy (non-hydrogen) atoms. The molecule has 0 spiro atoms. The Bertz CT molecular complexity index is 1620. The van der Waals surface area contributed by atoms with Crippen molar-refractivity contribution >= 4 is 21.8 Å². The van der Waals surface area contributed by atoms with Crippen molar-refractivity contribution in [1.82, 2.24) is 30.1 Å². The summed E-state index contributed by atoms with van der Waals surface area (Å²) in [6.07, 6.45) is 6.68. The van der Waals surface area contributed by atoms with Gasteiger partial charge in [-0.1, -0.05) is 12.1 Å². The molecular formula is C25H17FN6O. The fraction of sp³-hybridized carbons (Fsp3) is 0.0400. The largest absolute Gasteiger partial charge is 0.497 e. The van der Waals surface area contributed by atoms with Crippen LogP contribution in [-0.4, -0.2) is 37.2 Å². The van der Waals surface area contributed by atoms with E-state index >= 15 is 0 Å². The Balaban J connectivity index is 1.50. The van der Waals surface area contributed by atoms with Crippen molar-refractivity contribution in [3.63, 3.8) is 0 Å². The highest BCUT2D eigenvalue weighted by Gasteiger charge is 2.15. The van der Waals surface area contributed by atoms with E-state index in [-0.39, 0.29) is 5.82 Å². The minimum Gasteiger partial charge on any atom is -0.497 e. The number of aromatic nitrogens is 6. The van der Waals surface area contributed by atoms with E-state index in [4.69, 9.17) is 4.74 Å². The number of nitrogens with zero attached hydrogens (tertiary/aromatic N) is 4. The highest BCUT2D eigenvalue weighted by molar-refractivity contribution is 6.01. The first-order chi connectivity index (χ1) is 16.2. The molecule has 0 atom stereocenters. The van der Waals surface area contributed by atoms with Gasteiger partial charge in [0.15, 0.2) is 0 Å². The number of hydrogen-bond donors (Lipinski definition) is 2. The summed E-state index contributed by atoms with van der Waals surface area (Å²) in [6, 6.07) is 14.6. The molecule has 6 aromatic rings. The van der Waals surface area contributed by atoms with E-state index in [0.717, 1.165) is 44.3 Å². The lowest BCUT2D eigenvalue weighted by molar-refractivity contribution is 0.411. The Labute approximate surface area is 187 Å². The number of nitrogens with one attached hydrogen (secondary N) is 2. The van der Waals surface area contributed by atoms with Gasteiger partial charge in [-0.3, -0.25) is 20.1 Å². The van der Waals surface area contributed by atoms with Crippen LogP contribution in [0.15, 0.2) is 73.3 Å². The maximum absolute atomic E-state index is 14.2. The molecule has 2 aromatic carbocycles. The number of fused-ring (bicyclic) bond motifs is 2. The summed E-state index contributed by atoms with van der Waals surface area (Å²) in [4.78, 5) is 16.4. The lowest BCUT2D eigenvalue weighted by Gasteiger charge is -2.07. The van der Waals surface area contributed by atoms with Crippen LogP contribution in [-0.2, 0) is 0 Å². The van der Waals surface area contributed by atoms with Gasteiger partial charge in [0.05, 0.1) is 36.4 Å². The second-order valence-electron chi connectivity index (χ2n) is 7.61. The summed E-state index contributed by atoms with van der Waals surface area (Å²) in [5.41, 5.74) is 6.36. The average Bonchev–Trinajstić information content (AvgIpc) is 3.47. The fourth-order valence-corrected chi connectivity index (χ4v) is 4.06. The number of halogens is 1. The molecule has 0 amide bonds. The third-order valence-corrected chi connectivity index (χ3v) is 5.61. The van der Waals surface area contributed by atoms with Gasteiger partial charge in [-0.15, -0.1) is 0 Å². The van der Waals surface area contributed by atoms with Crippen molar-refractivity contribution in [2.45, 2.75) is 0 Å². The predicted molar refractivity (Wildman–Crippen MR) is 124 cm³/mol. The highest BCUT2D eigenvalue weighted by atomic mass is 19.1. The quantitative estimate of drug-likeness (QED) is 0.387. The summed E-state index contributed by atoms with van der Waals surface area (Å²) >= 11 is 0. The molecule has 0 aliphatic carbocycles. The molecule has 7 nitrogen and oxygen atoms in total. The van der Waals surface area contributed by atoms with E-state index in [1.165, 1.54) is 19.2 Å². The number of hydrogen-bond acceptors (Lipinski definition) is 5. The Morgan fingerprint density at radius 3 is 2.67 bits per heavy atom. The van der Waals surface area contributed by atoms with E-state index in [1.807, 2.05) is 36.4 Å². The number of rotatable bonds is 4. The molecule has 160 valence electrons. The van der Waals surface area contributed by atoms with Crippen LogP contribution in [0, 0.1) is 5.82 Å². The number of H-pyrrole nitrogens is 2. The minimum absolute atomic E-state index is 0.348. The summed E-state index contributed by atoms with van der Waals surface area (Å²) in [7, 11) is 1.53. The molecule has 0 saturated heterocycles. The molecule has 0 radical (unpaired) electrons. The van der Waals surface area contributed by atoms with E-state index in [9.17, 15) is 4.39 Å². The van der Waals surface area contributed by atoms with Crippen molar-refractivity contribution < 1.29 is 9.13 Å². The van der Waals surface area contributed by atoms with Gasteiger partial charge in [-0.05, 0) is 41.5 Å². The second-order valence-corrected chi connectivity index (χ2v) is 7.61. The van der Waals surface area contributed by atoms with Crippen LogP contribution in [0.1, 0.15) is 0 Å². The Morgan fingerprint density at radius 1 is 0.879 bits per heavy atom. The first-order valence-corrected chi connectivity index (χ1v) is 10.3. The normalized spacial score (nSPS) is 11.3. The Hall–Kier alpha value is -4.59. The van der Waals surface area contributed by atoms with Gasteiger partial charge in [0, 0.05) is 34.7 Å². The molecule has 2 N–H and O–H groups in total. The van der Waals surface area contributed by atoms with E-state index < -0.39 is 0 Å². The average molecular weight is 436 g/mol. The van der Waals surface area contributed by atoms with Gasteiger partial charge in [-0.2, -0.15) is 5.10 Å². The molecule has 0 bridgehead atoms. The zero-order chi connectivity index (χ0) is 22.4. The number of benzene rings is 2. The monoisotopic (exact) mass is 436 g/mol. The van der Waals surface area contributed by atoms with E-state index in [0.29, 0.717) is 17.1 Å². The van der Waals surface area contributed by atoms with Crippen LogP contribution in [0.4, 0.5) is 4.39 Å². The predicted octanol–water partition coefficient (Wildman–Crippen LogP) is 5.38. The SMILES string of the molecule is COc1cc(F)cc(-c2cccc3[nH]c(-c4n[nH]c5cnc(-c6cnccn6)cc45)cc23)c1. The summed E-state index contributed by atoms with van der Waals surface area (Å²) in [5.74, 6) is 0.125. The molecule has 0 aliphatic rings. The van der Waals surface area contributed by atoms with Crippen LogP contribution in [0.3, 0.4) is 0 Å². The third-order valence-electron chi connectivity index (χ3n) is 5.61. The smallest absolute Gasteiger partial charge is 0.127 e. The van der Waals surface area contributed by atoms with Crippen molar-refractivity contribution in [2.24, 2.45) is 0 Å². The van der Waals surface area contributed by atoms with Crippen molar-refractivity contribution in [3.05, 3.63) is 79.1 Å². The van der Waals surface area contributed by atoms with Gasteiger partial charge in [0.2, 0.25) is 0 Å². The van der Waals surface area contributed by atoms with Crippen LogP contribution < -0.4 is 4.74 Å². The van der Waals surface area contributed by atoms with Gasteiger partial charge < -0.3 is 9.72 Å². The van der Waals surface area contributed by atoms with Gasteiger partial charge in [0.25, 0.3) is 0 Å². The topological polar surface area (TPSA) is 92.4 Å². The molecule has 0 fully saturated rings. The van der Waals surface area contributed by atoms with Crippen LogP contribution in [0.5, 0.6) is 5.75 Å². The second kappa shape index (κ2) is 7.52. The molecule has 6 rings (SSSR count). The van der Waals surface area contributed by atoms with Crippen molar-refractivity contribution in [1.29, 1.82) is 0 Å². The lowest BCUT2D eigenvalue weighted by Crippen LogP contribution is -1.88. The maximum atomic E-state index is 14.2. The standard InChI is InChI=1S/C25H17FN6O/c1-33-16-8-14(7-15(26)9-16)17-3-2-4-20-18(17)10-22(30-20)25-19-11-21(24-12-27-5-6-28-24)29-13-23(19)31-32-25/h2-13,30H,1H3,(H,31,32). The number of pyridine rings is 1. The molecule has 0 aliphatic heterocycles. The first kappa shape index (κ1) is 19.1. The van der Waals surface area contributed by atoms with E-state index in [1.54, 1.807) is 24.8 Å². The zero-order valence-corrected chi connectivity index (χ0v) is 17.5. The maximum Gasteiger partial charge on any atom is 0.127 e. The summed E-state index contributed by atoms with van der Waals surface area (Å²) in [5, 5.41) is 9.44. The lowest BCUT2D eigenvalue weighted by atomic mass is 10.0. The summed E-state index contributed by atoms with van der Waals surface area (Å²) < 4.78 is 19.4. The summed E-state index contributed by atoms with van der Waals surface area (Å²) in [6.45, 7) is 0. The third kappa shape index (κ3) is 3.28. The first-order valence-electron chi connectivity index (χ1n) is 10.3. The molecule has 0 unspecified atom stereocenters. The fourth-order valence-electron chi connectivity index (χ4n) is 4.06. The minimum atomic E-state index is -0.348.